The number of nitrogens with zero attached hydrogens (tertiary/aromatic N) is 2. The van der Waals surface area contributed by atoms with Crippen molar-refractivity contribution in [3.05, 3.63) is 47.5 Å². The first-order chi connectivity index (χ1) is 28.1. The van der Waals surface area contributed by atoms with Gasteiger partial charge in [-0.05, 0) is 95.6 Å². The van der Waals surface area contributed by atoms with E-state index in [0.29, 0.717) is 34.1 Å². The lowest BCUT2D eigenvalue weighted by Gasteiger charge is -2.34. The summed E-state index contributed by atoms with van der Waals surface area (Å²) in [7, 11) is 0. The molecule has 17 heteroatoms. The van der Waals surface area contributed by atoms with Gasteiger partial charge in [-0.15, -0.1) is 0 Å². The maximum atomic E-state index is 13.2. The Morgan fingerprint density at radius 1 is 0.590 bits per heavy atom. The van der Waals surface area contributed by atoms with E-state index in [2.05, 4.69) is 102 Å². The molecular formula is C44H72N10O6S. The Morgan fingerprint density at radius 3 is 1.23 bits per heavy atom. The molecule has 2 aromatic rings. The van der Waals surface area contributed by atoms with Crippen LogP contribution in [0, 0.1) is 10.8 Å². The summed E-state index contributed by atoms with van der Waals surface area (Å²) in [5.74, 6) is -1.75. The Morgan fingerprint density at radius 2 is 0.934 bits per heavy atom. The second-order valence-electron chi connectivity index (χ2n) is 19.2. The summed E-state index contributed by atoms with van der Waals surface area (Å²) >= 11 is 1.38. The minimum absolute atomic E-state index is 0.0266. The quantitative estimate of drug-likeness (QED) is 0.0423. The van der Waals surface area contributed by atoms with Crippen molar-refractivity contribution in [2.75, 3.05) is 26.3 Å². The molecule has 0 aliphatic carbocycles. The van der Waals surface area contributed by atoms with Crippen LogP contribution in [0.3, 0.4) is 0 Å². The number of amides is 4. The van der Waals surface area contributed by atoms with Gasteiger partial charge in [0.05, 0.1) is 9.79 Å². The Labute approximate surface area is 366 Å². The normalized spacial score (nSPS) is 13.0. The molecule has 0 aromatic heterocycles. The summed E-state index contributed by atoms with van der Waals surface area (Å²) in [6.45, 7) is 21.7. The van der Waals surface area contributed by atoms with Crippen LogP contribution in [0.15, 0.2) is 56.2 Å². The molecule has 16 nitrogen and oxygen atoms in total. The van der Waals surface area contributed by atoms with Gasteiger partial charge in [0.1, 0.15) is 23.6 Å². The van der Waals surface area contributed by atoms with Gasteiger partial charge in [-0.25, -0.2) is 0 Å². The molecule has 0 saturated heterocycles. The second kappa shape index (κ2) is 22.6. The highest BCUT2D eigenvalue weighted by Gasteiger charge is 2.31. The molecule has 0 unspecified atom stereocenters. The van der Waals surface area contributed by atoms with Gasteiger partial charge in [-0.1, -0.05) is 93.1 Å². The molecule has 340 valence electrons. The molecule has 2 rings (SSSR count). The monoisotopic (exact) mass is 869 g/mol. The molecule has 14 N–H and O–H groups in total. The summed E-state index contributed by atoms with van der Waals surface area (Å²) in [4.78, 5) is 60.0. The van der Waals surface area contributed by atoms with Gasteiger partial charge >= 0.3 is 0 Å². The molecule has 2 atom stereocenters. The summed E-state index contributed by atoms with van der Waals surface area (Å²) in [5.41, 5.74) is 34.5. The van der Waals surface area contributed by atoms with E-state index >= 15 is 0 Å². The number of guanidine groups is 2. The molecular weight excluding hydrogens is 797 g/mol. The second-order valence-corrected chi connectivity index (χ2v) is 20.3. The maximum Gasteiger partial charge on any atom is 0.258 e. The van der Waals surface area contributed by atoms with E-state index in [-0.39, 0.29) is 59.5 Å². The fourth-order valence-electron chi connectivity index (χ4n) is 7.57. The van der Waals surface area contributed by atoms with Crippen LogP contribution in [0.5, 0.6) is 11.5 Å². The average molecular weight is 869 g/mol. The minimum atomic E-state index is -0.946. The Hall–Kier alpha value is -5.19. The first kappa shape index (κ1) is 51.9. The molecule has 0 bridgehead atoms. The largest absolute Gasteiger partial charge is 0.483 e. The highest BCUT2D eigenvalue weighted by molar-refractivity contribution is 7.99. The van der Waals surface area contributed by atoms with Crippen LogP contribution < -0.4 is 54.5 Å². The lowest BCUT2D eigenvalue weighted by molar-refractivity contribution is -0.128. The van der Waals surface area contributed by atoms with E-state index < -0.39 is 48.9 Å². The maximum absolute atomic E-state index is 13.2. The number of hydrogen-bond donors (Lipinski definition) is 8. The van der Waals surface area contributed by atoms with Gasteiger partial charge in [0.2, 0.25) is 11.8 Å². The van der Waals surface area contributed by atoms with E-state index in [0.717, 1.165) is 24.0 Å². The van der Waals surface area contributed by atoms with Crippen molar-refractivity contribution in [3.63, 3.8) is 0 Å². The van der Waals surface area contributed by atoms with Crippen LogP contribution >= 0.6 is 11.8 Å². The van der Waals surface area contributed by atoms with Crippen molar-refractivity contribution in [2.24, 2.45) is 55.2 Å². The number of carbonyl (C=O) groups excluding carboxylic acids is 4. The van der Waals surface area contributed by atoms with Crippen LogP contribution in [-0.2, 0) is 30.0 Å². The number of nitrogens with one attached hydrogen (secondary N) is 2. The highest BCUT2D eigenvalue weighted by Crippen LogP contribution is 2.46. The van der Waals surface area contributed by atoms with Gasteiger partial charge in [0.15, 0.2) is 25.1 Å². The number of benzene rings is 2. The van der Waals surface area contributed by atoms with Crippen molar-refractivity contribution in [2.45, 2.75) is 140 Å². The molecule has 0 fully saturated rings. The van der Waals surface area contributed by atoms with Crippen LogP contribution in [-0.4, -0.2) is 73.9 Å². The fraction of sp³-hybridized carbons (Fsp3) is 0.591. The third-order valence-electron chi connectivity index (χ3n) is 9.58. The number of ether oxygens (including phenoxy) is 2. The van der Waals surface area contributed by atoms with Gasteiger partial charge in [0, 0.05) is 13.1 Å². The first-order valence-electron chi connectivity index (χ1n) is 20.6. The number of carbonyl (C=O) groups is 4. The van der Waals surface area contributed by atoms with Gasteiger partial charge in [-0.2, -0.15) is 0 Å². The Bertz CT molecular complexity index is 1740. The predicted molar refractivity (Wildman–Crippen MR) is 244 cm³/mol. The smallest absolute Gasteiger partial charge is 0.258 e. The summed E-state index contributed by atoms with van der Waals surface area (Å²) in [5, 5.41) is 5.33. The fourth-order valence-corrected chi connectivity index (χ4v) is 8.63. The molecule has 2 aromatic carbocycles. The zero-order chi connectivity index (χ0) is 46.3. The van der Waals surface area contributed by atoms with E-state index in [1.165, 1.54) is 11.8 Å². The van der Waals surface area contributed by atoms with E-state index in [9.17, 15) is 19.2 Å². The average Bonchev–Trinajstić information content (AvgIpc) is 3.10. The van der Waals surface area contributed by atoms with Gasteiger partial charge in [0.25, 0.3) is 11.8 Å². The van der Waals surface area contributed by atoms with Crippen LogP contribution in [0.2, 0.25) is 0 Å². The van der Waals surface area contributed by atoms with E-state index in [4.69, 9.17) is 43.9 Å². The van der Waals surface area contributed by atoms with Crippen molar-refractivity contribution in [3.8, 4) is 11.5 Å². The van der Waals surface area contributed by atoms with Crippen molar-refractivity contribution >= 4 is 47.3 Å². The SMILES string of the molecule is CC(C)(C)CC(C)(C)c1ccc(OCC(=O)N[C@@H](CCCN=C(N)N)C(N)=O)c(Sc2cc(C(C)(C)CC(C)(C)C)ccc2OCC(=O)N[C@@H](CCCN=C(N)N)C(N)=O)c1. The zero-order valence-corrected chi connectivity index (χ0v) is 38.7. The van der Waals surface area contributed by atoms with Gasteiger partial charge < -0.3 is 54.5 Å². The van der Waals surface area contributed by atoms with Crippen LogP contribution in [0.25, 0.3) is 0 Å². The van der Waals surface area contributed by atoms with E-state index in [1.54, 1.807) is 0 Å². The van der Waals surface area contributed by atoms with Crippen LogP contribution in [0.1, 0.15) is 119 Å². The number of aliphatic imine (C=N–C) groups is 2. The Kier molecular flexibility index (Phi) is 19.2. The molecule has 0 aliphatic rings. The predicted octanol–water partition coefficient (Wildman–Crippen LogP) is 4.07. The standard InChI is InChI=1S/C44H72N10O6S/c1-41(2,3)25-43(7,8)27-15-17-31(59-23-35(55)53-29(37(45)57)13-11-19-51-39(47)48)33(21-27)61-34-22-28(44(9,10)26-42(4,5)6)16-18-32(34)60-24-36(56)54-30(38(46)58)14-12-20-52-40(49)50/h15-18,21-22,29-30H,11-14,19-20,23-26H2,1-10H3,(H2,45,57)(H2,46,58)(H,53,55)(H,54,56)(H4,47,48,51)(H4,49,50,52)/t29-,30-/m0/s1. The molecule has 0 radical (unpaired) electrons. The lowest BCUT2D eigenvalue weighted by atomic mass is 9.72. The summed E-state index contributed by atoms with van der Waals surface area (Å²) in [6, 6.07) is 9.90. The van der Waals surface area contributed by atoms with Crippen molar-refractivity contribution in [1.82, 2.24) is 10.6 Å². The van der Waals surface area contributed by atoms with E-state index in [1.807, 2.05) is 24.3 Å². The molecule has 0 heterocycles. The van der Waals surface area contributed by atoms with Crippen molar-refractivity contribution in [1.29, 1.82) is 0 Å². The third-order valence-corrected chi connectivity index (χ3v) is 10.7. The summed E-state index contributed by atoms with van der Waals surface area (Å²) in [6.07, 6.45) is 3.08. The zero-order valence-electron chi connectivity index (χ0n) is 37.9. The molecule has 0 aliphatic heterocycles. The number of nitrogens with two attached hydrogens (primary N) is 6. The van der Waals surface area contributed by atoms with Gasteiger partial charge in [-0.3, -0.25) is 29.2 Å². The minimum Gasteiger partial charge on any atom is -0.483 e. The molecule has 4 amide bonds. The molecule has 0 spiro atoms. The Balaban J connectivity index is 2.57. The first-order valence-corrected chi connectivity index (χ1v) is 21.4. The van der Waals surface area contributed by atoms with Crippen molar-refractivity contribution < 1.29 is 28.7 Å². The third kappa shape index (κ3) is 19.4. The summed E-state index contributed by atoms with van der Waals surface area (Å²) < 4.78 is 12.4. The topological polar surface area (TPSA) is 292 Å². The molecule has 0 saturated carbocycles. The lowest BCUT2D eigenvalue weighted by Crippen LogP contribution is -2.46. The number of primary amides is 2. The number of hydrogen-bond acceptors (Lipinski definition) is 9. The highest BCUT2D eigenvalue weighted by atomic mass is 32.2. The van der Waals surface area contributed by atoms with Crippen LogP contribution in [0.4, 0.5) is 0 Å². The molecule has 61 heavy (non-hydrogen) atoms. The number of rotatable bonds is 24.